The molecule has 2 nitrogen and oxygen atoms in total. The molecule has 0 heterocycles. The lowest BCUT2D eigenvalue weighted by Gasteiger charge is -1.95. The van der Waals surface area contributed by atoms with Crippen LogP contribution in [-0.2, 0) is 4.79 Å². The van der Waals surface area contributed by atoms with Gasteiger partial charge in [0.1, 0.15) is 0 Å². The molecular weight excluding hydrogens is 152 g/mol. The van der Waals surface area contributed by atoms with E-state index in [9.17, 15) is 4.79 Å². The summed E-state index contributed by atoms with van der Waals surface area (Å²) in [5, 5.41) is 8.60. The molecule has 0 aliphatic rings. The highest BCUT2D eigenvalue weighted by Gasteiger charge is 2.01. The topological polar surface area (TPSA) is 37.3 Å². The first-order valence-electron chi connectivity index (χ1n) is 3.79. The van der Waals surface area contributed by atoms with Crippen molar-refractivity contribution in [3.8, 4) is 0 Å². The smallest absolute Gasteiger partial charge is 0.331 e. The molecule has 0 amide bonds. The molecule has 0 aromatic carbocycles. The van der Waals surface area contributed by atoms with Crippen LogP contribution in [0.15, 0.2) is 35.5 Å². The Balaban J connectivity index is 4.47. The molecule has 0 atom stereocenters. The van der Waals surface area contributed by atoms with Gasteiger partial charge in [-0.1, -0.05) is 24.3 Å². The summed E-state index contributed by atoms with van der Waals surface area (Å²) in [5.74, 6) is -0.863. The second kappa shape index (κ2) is 5.35. The van der Waals surface area contributed by atoms with Crippen LogP contribution in [0.2, 0.25) is 0 Å². The summed E-state index contributed by atoms with van der Waals surface area (Å²) in [6.45, 7) is 5.29. The first-order valence-corrected chi connectivity index (χ1v) is 3.79. The summed E-state index contributed by atoms with van der Waals surface area (Å²) in [6.07, 6.45) is 7.35. The van der Waals surface area contributed by atoms with Crippen LogP contribution < -0.4 is 0 Å². The van der Waals surface area contributed by atoms with Gasteiger partial charge in [0.2, 0.25) is 0 Å². The van der Waals surface area contributed by atoms with Crippen molar-refractivity contribution in [1.29, 1.82) is 0 Å². The van der Waals surface area contributed by atoms with Crippen LogP contribution in [0.3, 0.4) is 0 Å². The van der Waals surface area contributed by atoms with Crippen molar-refractivity contribution in [2.45, 2.75) is 20.8 Å². The van der Waals surface area contributed by atoms with E-state index in [2.05, 4.69) is 0 Å². The van der Waals surface area contributed by atoms with Crippen molar-refractivity contribution < 1.29 is 9.90 Å². The first kappa shape index (κ1) is 10.7. The van der Waals surface area contributed by atoms with Crippen LogP contribution in [0, 0.1) is 0 Å². The van der Waals surface area contributed by atoms with Crippen LogP contribution in [0.4, 0.5) is 0 Å². The molecule has 0 unspecified atom stereocenters. The molecule has 0 spiro atoms. The summed E-state index contributed by atoms with van der Waals surface area (Å²) in [7, 11) is 0. The van der Waals surface area contributed by atoms with E-state index in [1.807, 2.05) is 25.2 Å². The van der Waals surface area contributed by atoms with Gasteiger partial charge in [-0.3, -0.25) is 0 Å². The molecule has 0 aromatic rings. The maximum atomic E-state index is 10.5. The zero-order chi connectivity index (χ0) is 9.56. The largest absolute Gasteiger partial charge is 0.478 e. The molecule has 0 bridgehead atoms. The number of hydrogen-bond donors (Lipinski definition) is 1. The van der Waals surface area contributed by atoms with Crippen molar-refractivity contribution >= 4 is 5.97 Å². The molecule has 0 saturated heterocycles. The lowest BCUT2D eigenvalue weighted by molar-refractivity contribution is -0.132. The van der Waals surface area contributed by atoms with Crippen molar-refractivity contribution in [1.82, 2.24) is 0 Å². The van der Waals surface area contributed by atoms with Crippen LogP contribution in [0.25, 0.3) is 0 Å². The molecule has 66 valence electrons. The lowest BCUT2D eigenvalue weighted by atomic mass is 10.1. The van der Waals surface area contributed by atoms with Crippen molar-refractivity contribution in [2.75, 3.05) is 0 Å². The van der Waals surface area contributed by atoms with E-state index >= 15 is 0 Å². The average molecular weight is 166 g/mol. The molecule has 0 rings (SSSR count). The zero-order valence-corrected chi connectivity index (χ0v) is 7.66. The third-order valence-corrected chi connectivity index (χ3v) is 1.56. The van der Waals surface area contributed by atoms with Gasteiger partial charge in [0.25, 0.3) is 0 Å². The second-order valence-corrected chi connectivity index (χ2v) is 2.50. The Bertz CT molecular complexity index is 245. The highest BCUT2D eigenvalue weighted by molar-refractivity contribution is 5.87. The Morgan fingerprint density at radius 3 is 2.25 bits per heavy atom. The number of allylic oxidation sites excluding steroid dienone is 5. The number of rotatable bonds is 3. The lowest BCUT2D eigenvalue weighted by Crippen LogP contribution is -1.97. The van der Waals surface area contributed by atoms with Crippen LogP contribution in [0.5, 0.6) is 0 Å². The van der Waals surface area contributed by atoms with E-state index in [0.717, 1.165) is 5.57 Å². The minimum atomic E-state index is -0.863. The first-order chi connectivity index (χ1) is 5.59. The maximum absolute atomic E-state index is 10.5. The Morgan fingerprint density at radius 1 is 1.25 bits per heavy atom. The molecule has 0 aliphatic heterocycles. The number of aliphatic carboxylic acids is 1. The molecular formula is C10H14O2. The summed E-state index contributed by atoms with van der Waals surface area (Å²) in [5.41, 5.74) is 1.16. The molecule has 0 radical (unpaired) electrons. The molecule has 12 heavy (non-hydrogen) atoms. The molecule has 2 heteroatoms. The van der Waals surface area contributed by atoms with E-state index in [1.165, 1.54) is 0 Å². The van der Waals surface area contributed by atoms with Gasteiger partial charge in [-0.25, -0.2) is 4.79 Å². The number of carbonyl (C=O) groups is 1. The molecule has 0 fully saturated rings. The Labute approximate surface area is 72.9 Å². The van der Waals surface area contributed by atoms with Crippen LogP contribution in [-0.4, -0.2) is 11.1 Å². The average Bonchev–Trinajstić information content (AvgIpc) is 2.03. The van der Waals surface area contributed by atoms with Gasteiger partial charge < -0.3 is 5.11 Å². The van der Waals surface area contributed by atoms with Gasteiger partial charge in [-0.15, -0.1) is 0 Å². The summed E-state index contributed by atoms with van der Waals surface area (Å²) >= 11 is 0. The predicted molar refractivity (Wildman–Crippen MR) is 50.0 cm³/mol. The SMILES string of the molecule is CC=CC=CC(C)=C(C)C(=O)O. The fraction of sp³-hybridized carbons (Fsp3) is 0.300. The Morgan fingerprint density at radius 2 is 1.83 bits per heavy atom. The summed E-state index contributed by atoms with van der Waals surface area (Å²) < 4.78 is 0. The number of carboxylic acids is 1. The monoisotopic (exact) mass is 166 g/mol. The minimum Gasteiger partial charge on any atom is -0.478 e. The van der Waals surface area contributed by atoms with Crippen molar-refractivity contribution in [3.63, 3.8) is 0 Å². The van der Waals surface area contributed by atoms with Gasteiger partial charge in [0, 0.05) is 5.57 Å². The zero-order valence-electron chi connectivity index (χ0n) is 7.66. The van der Waals surface area contributed by atoms with Gasteiger partial charge in [-0.05, 0) is 26.3 Å². The molecule has 0 aromatic heterocycles. The van der Waals surface area contributed by atoms with Gasteiger partial charge in [-0.2, -0.15) is 0 Å². The third kappa shape index (κ3) is 3.76. The summed E-state index contributed by atoms with van der Waals surface area (Å²) in [4.78, 5) is 10.5. The summed E-state index contributed by atoms with van der Waals surface area (Å²) in [6, 6.07) is 0. The molecule has 1 N–H and O–H groups in total. The fourth-order valence-corrected chi connectivity index (χ4v) is 0.605. The number of hydrogen-bond acceptors (Lipinski definition) is 1. The van der Waals surface area contributed by atoms with E-state index in [1.54, 1.807) is 19.9 Å². The molecule has 0 saturated carbocycles. The fourth-order valence-electron chi connectivity index (χ4n) is 0.605. The van der Waals surface area contributed by atoms with E-state index in [-0.39, 0.29) is 0 Å². The number of carboxylic acid groups (broad SMARTS) is 1. The van der Waals surface area contributed by atoms with Crippen molar-refractivity contribution in [2.24, 2.45) is 0 Å². The van der Waals surface area contributed by atoms with E-state index in [4.69, 9.17) is 5.11 Å². The van der Waals surface area contributed by atoms with E-state index < -0.39 is 5.97 Å². The maximum Gasteiger partial charge on any atom is 0.331 e. The normalized spacial score (nSPS) is 13.9. The Hall–Kier alpha value is -1.31. The van der Waals surface area contributed by atoms with Crippen molar-refractivity contribution in [3.05, 3.63) is 35.5 Å². The van der Waals surface area contributed by atoms with Gasteiger partial charge >= 0.3 is 5.97 Å². The van der Waals surface area contributed by atoms with Gasteiger partial charge in [0.15, 0.2) is 0 Å². The van der Waals surface area contributed by atoms with E-state index in [0.29, 0.717) is 5.57 Å². The quantitative estimate of drug-likeness (QED) is 0.516. The third-order valence-electron chi connectivity index (χ3n) is 1.56. The highest BCUT2D eigenvalue weighted by Crippen LogP contribution is 2.04. The van der Waals surface area contributed by atoms with Gasteiger partial charge in [0.05, 0.1) is 0 Å². The predicted octanol–water partition coefficient (Wildman–Crippen LogP) is 2.54. The second-order valence-electron chi connectivity index (χ2n) is 2.50. The Kier molecular flexibility index (Phi) is 4.77. The van der Waals surface area contributed by atoms with Crippen LogP contribution in [0.1, 0.15) is 20.8 Å². The highest BCUT2D eigenvalue weighted by atomic mass is 16.4. The minimum absolute atomic E-state index is 0.385. The van der Waals surface area contributed by atoms with Crippen LogP contribution >= 0.6 is 0 Å². The standard InChI is InChI=1S/C10H14O2/c1-4-5-6-7-8(2)9(3)10(11)12/h4-7H,1-3H3,(H,11,12). The molecule has 0 aliphatic carbocycles.